The lowest BCUT2D eigenvalue weighted by Crippen LogP contribution is -2.63. The fourth-order valence-corrected chi connectivity index (χ4v) is 1.33. The summed E-state index contributed by atoms with van der Waals surface area (Å²) < 4.78 is 18.6. The molecular weight excluding hydrogens is 203 g/mol. The van der Waals surface area contributed by atoms with E-state index in [1.807, 2.05) is 0 Å². The lowest BCUT2D eigenvalue weighted by Gasteiger charge is -2.43. The standard InChI is InChI=1S/C9H17FN2O3/c1-8(2,3)15-7(13)12-4-9(10,5-12)6-14-11/h4-6,11H2,1-3H3. The van der Waals surface area contributed by atoms with Crippen LogP contribution in [-0.2, 0) is 9.57 Å². The van der Waals surface area contributed by atoms with E-state index in [0.717, 1.165) is 0 Å². The van der Waals surface area contributed by atoms with Gasteiger partial charge >= 0.3 is 6.09 Å². The van der Waals surface area contributed by atoms with Crippen molar-refractivity contribution in [1.82, 2.24) is 4.90 Å². The van der Waals surface area contributed by atoms with Gasteiger partial charge in [-0.15, -0.1) is 0 Å². The largest absolute Gasteiger partial charge is 0.444 e. The molecule has 1 aliphatic rings. The van der Waals surface area contributed by atoms with Crippen LogP contribution in [0.4, 0.5) is 9.18 Å². The van der Waals surface area contributed by atoms with Crippen molar-refractivity contribution in [2.45, 2.75) is 32.0 Å². The molecule has 0 saturated carbocycles. The van der Waals surface area contributed by atoms with Crippen LogP contribution in [-0.4, -0.2) is 42.0 Å². The van der Waals surface area contributed by atoms with E-state index in [1.54, 1.807) is 20.8 Å². The molecule has 2 N–H and O–H groups in total. The Kier molecular flexibility index (Phi) is 3.20. The number of amides is 1. The van der Waals surface area contributed by atoms with Gasteiger partial charge in [-0.25, -0.2) is 15.1 Å². The third-order valence-electron chi connectivity index (χ3n) is 1.94. The monoisotopic (exact) mass is 220 g/mol. The van der Waals surface area contributed by atoms with Gasteiger partial charge in [0.25, 0.3) is 0 Å². The zero-order chi connectivity index (χ0) is 11.7. The molecule has 5 nitrogen and oxygen atoms in total. The summed E-state index contributed by atoms with van der Waals surface area (Å²) in [5.74, 6) is 4.77. The highest BCUT2D eigenvalue weighted by atomic mass is 19.1. The number of nitrogens with zero attached hydrogens (tertiary/aromatic N) is 1. The summed E-state index contributed by atoms with van der Waals surface area (Å²) in [6, 6.07) is 0. The summed E-state index contributed by atoms with van der Waals surface area (Å²) >= 11 is 0. The number of rotatable bonds is 2. The van der Waals surface area contributed by atoms with Crippen LogP contribution in [0.3, 0.4) is 0 Å². The normalized spacial score (nSPS) is 19.7. The van der Waals surface area contributed by atoms with Gasteiger partial charge in [0.2, 0.25) is 0 Å². The zero-order valence-corrected chi connectivity index (χ0v) is 9.25. The molecule has 1 saturated heterocycles. The molecule has 0 aromatic carbocycles. The predicted molar refractivity (Wildman–Crippen MR) is 51.8 cm³/mol. The van der Waals surface area contributed by atoms with Crippen molar-refractivity contribution in [3.05, 3.63) is 0 Å². The second-order valence-electron chi connectivity index (χ2n) is 4.80. The van der Waals surface area contributed by atoms with Crippen molar-refractivity contribution in [3.63, 3.8) is 0 Å². The molecule has 15 heavy (non-hydrogen) atoms. The Bertz CT molecular complexity index is 246. The summed E-state index contributed by atoms with van der Waals surface area (Å²) in [6.45, 7) is 5.02. The fourth-order valence-electron chi connectivity index (χ4n) is 1.33. The highest BCUT2D eigenvalue weighted by Gasteiger charge is 2.47. The maximum absolute atomic E-state index is 13.5. The lowest BCUT2D eigenvalue weighted by atomic mass is 9.98. The number of carbonyl (C=O) groups is 1. The van der Waals surface area contributed by atoms with E-state index in [-0.39, 0.29) is 19.7 Å². The molecule has 0 atom stereocenters. The van der Waals surface area contributed by atoms with Gasteiger partial charge in [-0.2, -0.15) is 0 Å². The Balaban J connectivity index is 2.35. The molecule has 6 heteroatoms. The molecule has 0 aliphatic carbocycles. The third-order valence-corrected chi connectivity index (χ3v) is 1.94. The first-order valence-electron chi connectivity index (χ1n) is 4.74. The maximum Gasteiger partial charge on any atom is 0.410 e. The Morgan fingerprint density at radius 1 is 1.53 bits per heavy atom. The Labute approximate surface area is 88.3 Å². The molecule has 0 aromatic rings. The molecule has 1 fully saturated rings. The van der Waals surface area contributed by atoms with Crippen LogP contribution >= 0.6 is 0 Å². The smallest absolute Gasteiger partial charge is 0.410 e. The van der Waals surface area contributed by atoms with Gasteiger partial charge in [-0.05, 0) is 20.8 Å². The van der Waals surface area contributed by atoms with Crippen LogP contribution in [0.2, 0.25) is 0 Å². The minimum absolute atomic E-state index is 0.0287. The van der Waals surface area contributed by atoms with Crippen molar-refractivity contribution >= 4 is 6.09 Å². The predicted octanol–water partition coefficient (Wildman–Crippen LogP) is 0.836. The van der Waals surface area contributed by atoms with Gasteiger partial charge in [0.1, 0.15) is 12.2 Å². The molecule has 0 bridgehead atoms. The van der Waals surface area contributed by atoms with E-state index >= 15 is 0 Å². The molecule has 1 rings (SSSR count). The Morgan fingerprint density at radius 3 is 2.47 bits per heavy atom. The van der Waals surface area contributed by atoms with Crippen molar-refractivity contribution in [1.29, 1.82) is 0 Å². The van der Waals surface area contributed by atoms with Gasteiger partial charge in [0.05, 0.1) is 13.1 Å². The second-order valence-corrected chi connectivity index (χ2v) is 4.80. The molecule has 1 aliphatic heterocycles. The average Bonchev–Trinajstić information content (AvgIpc) is 1.96. The summed E-state index contributed by atoms with van der Waals surface area (Å²) in [5.41, 5.74) is -2.08. The van der Waals surface area contributed by atoms with Crippen molar-refractivity contribution in [3.8, 4) is 0 Å². The number of likely N-dealkylation sites (tertiary alicyclic amines) is 1. The molecule has 88 valence electrons. The molecule has 0 radical (unpaired) electrons. The highest BCUT2D eigenvalue weighted by Crippen LogP contribution is 2.26. The van der Waals surface area contributed by atoms with Gasteiger partial charge in [-0.1, -0.05) is 0 Å². The SMILES string of the molecule is CC(C)(C)OC(=O)N1CC(F)(CON)C1. The molecule has 0 aromatic heterocycles. The number of ether oxygens (including phenoxy) is 1. The van der Waals surface area contributed by atoms with Crippen LogP contribution in [0.5, 0.6) is 0 Å². The van der Waals surface area contributed by atoms with Crippen LogP contribution in [0.25, 0.3) is 0 Å². The molecule has 0 spiro atoms. The Morgan fingerprint density at radius 2 is 2.07 bits per heavy atom. The van der Waals surface area contributed by atoms with Gasteiger partial charge < -0.3 is 14.5 Å². The maximum atomic E-state index is 13.5. The van der Waals surface area contributed by atoms with E-state index in [4.69, 9.17) is 10.6 Å². The first-order chi connectivity index (χ1) is 6.76. The molecule has 0 unspecified atom stereocenters. The third kappa shape index (κ3) is 3.32. The fraction of sp³-hybridized carbons (Fsp3) is 0.889. The molecule has 1 amide bonds. The summed E-state index contributed by atoms with van der Waals surface area (Å²) in [4.78, 5) is 16.9. The van der Waals surface area contributed by atoms with Gasteiger partial charge in [0, 0.05) is 0 Å². The van der Waals surface area contributed by atoms with E-state index in [9.17, 15) is 9.18 Å². The van der Waals surface area contributed by atoms with Gasteiger partial charge in [-0.3, -0.25) is 0 Å². The van der Waals surface area contributed by atoms with Crippen LogP contribution in [0.15, 0.2) is 0 Å². The lowest BCUT2D eigenvalue weighted by molar-refractivity contribution is -0.0895. The van der Waals surface area contributed by atoms with E-state index in [1.165, 1.54) is 4.90 Å². The zero-order valence-electron chi connectivity index (χ0n) is 9.25. The second kappa shape index (κ2) is 3.94. The molecule has 1 heterocycles. The minimum atomic E-state index is -1.52. The van der Waals surface area contributed by atoms with E-state index < -0.39 is 17.4 Å². The highest BCUT2D eigenvalue weighted by molar-refractivity contribution is 5.69. The van der Waals surface area contributed by atoms with Gasteiger partial charge in [0.15, 0.2) is 5.67 Å². The first-order valence-corrected chi connectivity index (χ1v) is 4.74. The summed E-state index contributed by atoms with van der Waals surface area (Å²) in [6.07, 6.45) is -0.507. The van der Waals surface area contributed by atoms with E-state index in [0.29, 0.717) is 0 Å². The number of nitrogens with two attached hydrogens (primary N) is 1. The van der Waals surface area contributed by atoms with Crippen molar-refractivity contribution < 1.29 is 18.8 Å². The Hall–Kier alpha value is -0.880. The first kappa shape index (κ1) is 12.2. The number of alkyl halides is 1. The average molecular weight is 220 g/mol. The number of halogens is 1. The quantitative estimate of drug-likeness (QED) is 0.700. The number of carbonyl (C=O) groups excluding carboxylic acids is 1. The van der Waals surface area contributed by atoms with Crippen molar-refractivity contribution in [2.75, 3.05) is 19.7 Å². The summed E-state index contributed by atoms with van der Waals surface area (Å²) in [5, 5.41) is 0. The summed E-state index contributed by atoms with van der Waals surface area (Å²) in [7, 11) is 0. The molecular formula is C9H17FN2O3. The topological polar surface area (TPSA) is 64.8 Å². The number of hydrogen-bond acceptors (Lipinski definition) is 4. The minimum Gasteiger partial charge on any atom is -0.444 e. The van der Waals surface area contributed by atoms with Crippen LogP contribution in [0.1, 0.15) is 20.8 Å². The number of hydrogen-bond donors (Lipinski definition) is 1. The van der Waals surface area contributed by atoms with Crippen LogP contribution in [0, 0.1) is 0 Å². The van der Waals surface area contributed by atoms with E-state index in [2.05, 4.69) is 4.84 Å². The van der Waals surface area contributed by atoms with Crippen LogP contribution < -0.4 is 5.90 Å². The van der Waals surface area contributed by atoms with Crippen molar-refractivity contribution in [2.24, 2.45) is 5.90 Å².